The SMILES string of the molecule is Cc1ccc(Br)cc1Nc1ccc(C#N)c(N)c1. The molecule has 3 N–H and O–H groups in total. The van der Waals surface area contributed by atoms with Gasteiger partial charge in [-0.15, -0.1) is 0 Å². The van der Waals surface area contributed by atoms with Gasteiger partial charge in [0.05, 0.1) is 11.3 Å². The van der Waals surface area contributed by atoms with E-state index in [1.54, 1.807) is 12.1 Å². The van der Waals surface area contributed by atoms with Crippen LogP contribution >= 0.6 is 15.9 Å². The van der Waals surface area contributed by atoms with E-state index in [2.05, 4.69) is 21.2 Å². The molecule has 18 heavy (non-hydrogen) atoms. The molecular weight excluding hydrogens is 290 g/mol. The maximum Gasteiger partial charge on any atom is 0.101 e. The highest BCUT2D eigenvalue weighted by atomic mass is 79.9. The molecule has 4 heteroatoms. The normalized spacial score (nSPS) is 9.83. The van der Waals surface area contributed by atoms with Crippen LogP contribution in [0.3, 0.4) is 0 Å². The maximum atomic E-state index is 8.82. The molecule has 0 heterocycles. The summed E-state index contributed by atoms with van der Waals surface area (Å²) in [5.41, 5.74) is 9.77. The van der Waals surface area contributed by atoms with E-state index in [4.69, 9.17) is 11.0 Å². The summed E-state index contributed by atoms with van der Waals surface area (Å²) in [7, 11) is 0. The van der Waals surface area contributed by atoms with Crippen molar-refractivity contribution in [1.29, 1.82) is 5.26 Å². The predicted octanol–water partition coefficient (Wildman–Crippen LogP) is 3.96. The molecule has 0 unspecified atom stereocenters. The van der Waals surface area contributed by atoms with Crippen molar-refractivity contribution in [2.24, 2.45) is 0 Å². The number of nitrogens with zero attached hydrogens (tertiary/aromatic N) is 1. The number of hydrogen-bond acceptors (Lipinski definition) is 3. The lowest BCUT2D eigenvalue weighted by atomic mass is 10.1. The van der Waals surface area contributed by atoms with Gasteiger partial charge in [-0.2, -0.15) is 5.26 Å². The summed E-state index contributed by atoms with van der Waals surface area (Å²) in [6.07, 6.45) is 0. The molecular formula is C14H12BrN3. The number of halogens is 1. The molecule has 0 aliphatic heterocycles. The van der Waals surface area contributed by atoms with Crippen LogP contribution in [0.5, 0.6) is 0 Å². The number of nitrogen functional groups attached to an aromatic ring is 1. The third kappa shape index (κ3) is 2.63. The fraction of sp³-hybridized carbons (Fsp3) is 0.0714. The molecule has 0 amide bonds. The molecule has 0 atom stereocenters. The van der Waals surface area contributed by atoms with Crippen molar-refractivity contribution in [1.82, 2.24) is 0 Å². The highest BCUT2D eigenvalue weighted by Crippen LogP contribution is 2.26. The Balaban J connectivity index is 2.32. The first-order valence-electron chi connectivity index (χ1n) is 5.43. The number of rotatable bonds is 2. The first-order chi connectivity index (χ1) is 8.60. The Kier molecular flexibility index (Phi) is 3.54. The number of nitrogens with one attached hydrogen (secondary N) is 1. The third-order valence-electron chi connectivity index (χ3n) is 2.65. The number of benzene rings is 2. The Hall–Kier alpha value is -1.99. The smallest absolute Gasteiger partial charge is 0.101 e. The maximum absolute atomic E-state index is 8.82. The largest absolute Gasteiger partial charge is 0.398 e. The standard InChI is InChI=1S/C14H12BrN3/c1-9-2-4-11(15)6-14(9)18-12-5-3-10(8-16)13(17)7-12/h2-7,18H,17H2,1H3. The van der Waals surface area contributed by atoms with Crippen molar-refractivity contribution in [3.05, 3.63) is 52.0 Å². The van der Waals surface area contributed by atoms with E-state index in [1.807, 2.05) is 37.3 Å². The van der Waals surface area contributed by atoms with Crippen LogP contribution in [0.25, 0.3) is 0 Å². The molecule has 0 saturated heterocycles. The zero-order valence-corrected chi connectivity index (χ0v) is 11.5. The average molecular weight is 302 g/mol. The Morgan fingerprint density at radius 3 is 2.67 bits per heavy atom. The molecule has 90 valence electrons. The van der Waals surface area contributed by atoms with Crippen LogP contribution in [0.4, 0.5) is 17.1 Å². The molecule has 0 fully saturated rings. The van der Waals surface area contributed by atoms with Crippen LogP contribution < -0.4 is 11.1 Å². The zero-order valence-electron chi connectivity index (χ0n) is 9.87. The summed E-state index contributed by atoms with van der Waals surface area (Å²) >= 11 is 3.44. The number of aryl methyl sites for hydroxylation is 1. The van der Waals surface area contributed by atoms with Crippen molar-refractivity contribution in [2.75, 3.05) is 11.1 Å². The molecule has 0 bridgehead atoms. The monoisotopic (exact) mass is 301 g/mol. The number of hydrogen-bond donors (Lipinski definition) is 2. The topological polar surface area (TPSA) is 61.8 Å². The second-order valence-electron chi connectivity index (χ2n) is 4.00. The number of anilines is 3. The van der Waals surface area contributed by atoms with Gasteiger partial charge in [0.25, 0.3) is 0 Å². The van der Waals surface area contributed by atoms with Crippen LogP contribution in [-0.2, 0) is 0 Å². The molecule has 0 aliphatic carbocycles. The quantitative estimate of drug-likeness (QED) is 0.826. The molecule has 0 aliphatic rings. The van der Waals surface area contributed by atoms with Gasteiger partial charge in [0, 0.05) is 15.8 Å². The molecule has 0 saturated carbocycles. The Bertz CT molecular complexity index is 629. The van der Waals surface area contributed by atoms with Gasteiger partial charge in [0.1, 0.15) is 6.07 Å². The van der Waals surface area contributed by atoms with Gasteiger partial charge in [0.15, 0.2) is 0 Å². The van der Waals surface area contributed by atoms with Crippen LogP contribution in [0.2, 0.25) is 0 Å². The highest BCUT2D eigenvalue weighted by molar-refractivity contribution is 9.10. The second kappa shape index (κ2) is 5.11. The van der Waals surface area contributed by atoms with Crippen molar-refractivity contribution >= 4 is 33.0 Å². The van der Waals surface area contributed by atoms with Crippen LogP contribution in [0.15, 0.2) is 40.9 Å². The molecule has 0 spiro atoms. The van der Waals surface area contributed by atoms with Gasteiger partial charge >= 0.3 is 0 Å². The van der Waals surface area contributed by atoms with Gasteiger partial charge in [0.2, 0.25) is 0 Å². The van der Waals surface area contributed by atoms with Gasteiger partial charge in [-0.3, -0.25) is 0 Å². The van der Waals surface area contributed by atoms with E-state index in [1.165, 1.54) is 0 Å². The summed E-state index contributed by atoms with van der Waals surface area (Å²) in [4.78, 5) is 0. The van der Waals surface area contributed by atoms with E-state index in [9.17, 15) is 0 Å². The summed E-state index contributed by atoms with van der Waals surface area (Å²) in [6.45, 7) is 2.03. The minimum absolute atomic E-state index is 0.482. The summed E-state index contributed by atoms with van der Waals surface area (Å²) in [6, 6.07) is 13.4. The van der Waals surface area contributed by atoms with Gasteiger partial charge in [-0.25, -0.2) is 0 Å². The van der Waals surface area contributed by atoms with Crippen LogP contribution in [-0.4, -0.2) is 0 Å². The number of nitrogens with two attached hydrogens (primary N) is 1. The first kappa shape index (κ1) is 12.5. The summed E-state index contributed by atoms with van der Waals surface area (Å²) < 4.78 is 1.01. The molecule has 2 aromatic carbocycles. The Morgan fingerprint density at radius 1 is 1.22 bits per heavy atom. The van der Waals surface area contributed by atoms with Gasteiger partial charge < -0.3 is 11.1 Å². The van der Waals surface area contributed by atoms with Crippen LogP contribution in [0.1, 0.15) is 11.1 Å². The lowest BCUT2D eigenvalue weighted by Crippen LogP contribution is -1.96. The van der Waals surface area contributed by atoms with E-state index >= 15 is 0 Å². The zero-order chi connectivity index (χ0) is 13.1. The minimum Gasteiger partial charge on any atom is -0.398 e. The Labute approximate surface area is 114 Å². The fourth-order valence-electron chi connectivity index (χ4n) is 1.63. The highest BCUT2D eigenvalue weighted by Gasteiger charge is 2.03. The fourth-order valence-corrected chi connectivity index (χ4v) is 1.99. The average Bonchev–Trinajstić information content (AvgIpc) is 2.34. The van der Waals surface area contributed by atoms with E-state index in [0.717, 1.165) is 21.4 Å². The number of nitriles is 1. The predicted molar refractivity (Wildman–Crippen MR) is 77.7 cm³/mol. The Morgan fingerprint density at radius 2 is 2.00 bits per heavy atom. The van der Waals surface area contributed by atoms with Crippen molar-refractivity contribution in [3.8, 4) is 6.07 Å². The van der Waals surface area contributed by atoms with E-state index < -0.39 is 0 Å². The summed E-state index contributed by atoms with van der Waals surface area (Å²) in [5, 5.41) is 12.1. The third-order valence-corrected chi connectivity index (χ3v) is 3.14. The lowest BCUT2D eigenvalue weighted by Gasteiger charge is -2.11. The molecule has 0 radical (unpaired) electrons. The van der Waals surface area contributed by atoms with Crippen molar-refractivity contribution in [3.63, 3.8) is 0 Å². The first-order valence-corrected chi connectivity index (χ1v) is 6.22. The molecule has 3 nitrogen and oxygen atoms in total. The van der Waals surface area contributed by atoms with Crippen molar-refractivity contribution in [2.45, 2.75) is 6.92 Å². The molecule has 2 aromatic rings. The molecule has 2 rings (SSSR count). The van der Waals surface area contributed by atoms with Crippen LogP contribution in [0, 0.1) is 18.3 Å². The van der Waals surface area contributed by atoms with Gasteiger partial charge in [-0.05, 0) is 42.8 Å². The molecule has 0 aromatic heterocycles. The van der Waals surface area contributed by atoms with E-state index in [0.29, 0.717) is 11.3 Å². The minimum atomic E-state index is 0.482. The van der Waals surface area contributed by atoms with Gasteiger partial charge in [-0.1, -0.05) is 22.0 Å². The summed E-state index contributed by atoms with van der Waals surface area (Å²) in [5.74, 6) is 0. The lowest BCUT2D eigenvalue weighted by molar-refractivity contribution is 1.41. The second-order valence-corrected chi connectivity index (χ2v) is 4.91. The van der Waals surface area contributed by atoms with Crippen molar-refractivity contribution < 1.29 is 0 Å². The van der Waals surface area contributed by atoms with E-state index in [-0.39, 0.29) is 0 Å².